The number of nitrogens with zero attached hydrogens (tertiary/aromatic N) is 2. The average Bonchev–Trinajstić information content (AvgIpc) is 2.50. The summed E-state index contributed by atoms with van der Waals surface area (Å²) in [5.74, 6) is 0. The van der Waals surface area contributed by atoms with E-state index >= 15 is 0 Å². The summed E-state index contributed by atoms with van der Waals surface area (Å²) < 4.78 is 0. The Balaban J connectivity index is 2.70. The minimum absolute atomic E-state index is 0.664. The fourth-order valence-electron chi connectivity index (χ4n) is 2.26. The Hall–Kier alpha value is -2.06. The number of pyridine rings is 1. The van der Waals surface area contributed by atoms with E-state index in [2.05, 4.69) is 36.7 Å². The molecule has 114 valence electrons. The molecule has 0 aliphatic heterocycles. The van der Waals surface area contributed by atoms with Crippen LogP contribution in [0.2, 0.25) is 0 Å². The van der Waals surface area contributed by atoms with E-state index in [-0.39, 0.29) is 0 Å². The zero-order valence-corrected chi connectivity index (χ0v) is 14.3. The van der Waals surface area contributed by atoms with Crippen LogP contribution in [0.1, 0.15) is 18.1 Å². The number of hydrogen-bond donors (Lipinski definition) is 0. The third-order valence-corrected chi connectivity index (χ3v) is 4.09. The first kappa shape index (κ1) is 16.3. The van der Waals surface area contributed by atoms with E-state index in [0.717, 1.165) is 27.7 Å². The van der Waals surface area contributed by atoms with Crippen LogP contribution in [-0.2, 0) is 0 Å². The van der Waals surface area contributed by atoms with Gasteiger partial charge in [-0.25, -0.2) is 0 Å². The lowest BCUT2D eigenvalue weighted by molar-refractivity contribution is 0.514. The fraction of sp³-hybridized carbons (Fsp3) is 0.211. The van der Waals surface area contributed by atoms with Gasteiger partial charge in [0.05, 0.1) is 10.5 Å². The van der Waals surface area contributed by atoms with Crippen LogP contribution in [0, 0.1) is 6.92 Å². The molecule has 3 heteroatoms. The number of rotatable bonds is 4. The summed E-state index contributed by atoms with van der Waals surface area (Å²) in [5, 5.41) is 1.80. The Morgan fingerprint density at radius 3 is 2.64 bits per heavy atom. The van der Waals surface area contributed by atoms with Crippen LogP contribution < -0.4 is 0 Å². The van der Waals surface area contributed by atoms with Gasteiger partial charge in [0.25, 0.3) is 0 Å². The van der Waals surface area contributed by atoms with Gasteiger partial charge in [-0.2, -0.15) is 0 Å². The molecule has 22 heavy (non-hydrogen) atoms. The molecular formula is C19H21ClN2. The van der Waals surface area contributed by atoms with E-state index in [1.807, 2.05) is 38.1 Å². The van der Waals surface area contributed by atoms with Gasteiger partial charge in [-0.1, -0.05) is 42.5 Å². The van der Waals surface area contributed by atoms with Gasteiger partial charge in [0.15, 0.2) is 0 Å². The molecular weight excluding hydrogens is 292 g/mol. The van der Waals surface area contributed by atoms with Crippen molar-refractivity contribution in [3.8, 4) is 0 Å². The van der Waals surface area contributed by atoms with Crippen LogP contribution >= 0.6 is 11.6 Å². The lowest BCUT2D eigenvalue weighted by Crippen LogP contribution is -2.07. The van der Waals surface area contributed by atoms with Crippen molar-refractivity contribution in [2.75, 3.05) is 14.1 Å². The SMILES string of the molecule is C=C/C(=C(Cl)\C=C(\C)N(C)C)c1ccc(C)c2cccnc12. The molecule has 0 fully saturated rings. The van der Waals surface area contributed by atoms with Crippen LogP contribution in [0.4, 0.5) is 0 Å². The second-order valence-corrected chi connectivity index (χ2v) is 5.88. The van der Waals surface area contributed by atoms with Crippen molar-refractivity contribution in [3.05, 3.63) is 71.0 Å². The van der Waals surface area contributed by atoms with E-state index in [4.69, 9.17) is 11.6 Å². The highest BCUT2D eigenvalue weighted by atomic mass is 35.5. The van der Waals surface area contributed by atoms with Crippen LogP contribution in [0.25, 0.3) is 16.5 Å². The number of aryl methyl sites for hydroxylation is 1. The molecule has 0 bridgehead atoms. The molecule has 0 saturated carbocycles. The van der Waals surface area contributed by atoms with Crippen molar-refractivity contribution in [2.45, 2.75) is 13.8 Å². The number of halogens is 1. The van der Waals surface area contributed by atoms with Gasteiger partial charge < -0.3 is 4.90 Å². The van der Waals surface area contributed by atoms with Gasteiger partial charge in [-0.05, 0) is 31.6 Å². The van der Waals surface area contributed by atoms with Crippen LogP contribution in [0.5, 0.6) is 0 Å². The number of fused-ring (bicyclic) bond motifs is 1. The molecule has 2 aromatic rings. The largest absolute Gasteiger partial charge is 0.381 e. The second kappa shape index (κ2) is 6.80. The molecule has 0 spiro atoms. The predicted molar refractivity (Wildman–Crippen MR) is 96.9 cm³/mol. The molecule has 1 aromatic carbocycles. The smallest absolute Gasteiger partial charge is 0.0783 e. The summed E-state index contributed by atoms with van der Waals surface area (Å²) in [7, 11) is 3.98. The first-order valence-corrected chi connectivity index (χ1v) is 7.56. The van der Waals surface area contributed by atoms with Gasteiger partial charge in [0.1, 0.15) is 0 Å². The van der Waals surface area contributed by atoms with Crippen LogP contribution in [0.3, 0.4) is 0 Å². The molecule has 0 aliphatic carbocycles. The summed E-state index contributed by atoms with van der Waals surface area (Å²) in [6.45, 7) is 8.04. The van der Waals surface area contributed by atoms with Crippen molar-refractivity contribution < 1.29 is 0 Å². The number of allylic oxidation sites excluding steroid dienone is 5. The van der Waals surface area contributed by atoms with Gasteiger partial charge in [0.2, 0.25) is 0 Å². The zero-order valence-electron chi connectivity index (χ0n) is 13.5. The van der Waals surface area contributed by atoms with Crippen molar-refractivity contribution >= 4 is 28.1 Å². The first-order valence-electron chi connectivity index (χ1n) is 7.18. The minimum Gasteiger partial charge on any atom is -0.381 e. The topological polar surface area (TPSA) is 16.1 Å². The Bertz CT molecular complexity index is 770. The Morgan fingerprint density at radius 1 is 1.27 bits per heavy atom. The highest BCUT2D eigenvalue weighted by Gasteiger charge is 2.10. The predicted octanol–water partition coefficient (Wildman–Crippen LogP) is 5.14. The lowest BCUT2D eigenvalue weighted by atomic mass is 9.98. The highest BCUT2D eigenvalue weighted by Crippen LogP contribution is 2.30. The summed E-state index contributed by atoms with van der Waals surface area (Å²) in [6.07, 6.45) is 5.55. The molecule has 1 heterocycles. The second-order valence-electron chi connectivity index (χ2n) is 5.48. The maximum atomic E-state index is 6.54. The van der Waals surface area contributed by atoms with Crippen molar-refractivity contribution in [1.29, 1.82) is 0 Å². The summed E-state index contributed by atoms with van der Waals surface area (Å²) in [6, 6.07) is 8.18. The highest BCUT2D eigenvalue weighted by molar-refractivity contribution is 6.35. The number of hydrogen-bond acceptors (Lipinski definition) is 2. The van der Waals surface area contributed by atoms with Gasteiger partial charge in [-0.15, -0.1) is 0 Å². The van der Waals surface area contributed by atoms with E-state index in [1.165, 1.54) is 5.56 Å². The lowest BCUT2D eigenvalue weighted by Gasteiger charge is -2.14. The van der Waals surface area contributed by atoms with Crippen molar-refractivity contribution in [1.82, 2.24) is 9.88 Å². The van der Waals surface area contributed by atoms with Gasteiger partial charge in [-0.3, -0.25) is 4.98 Å². The molecule has 0 N–H and O–H groups in total. The van der Waals surface area contributed by atoms with Crippen molar-refractivity contribution in [3.63, 3.8) is 0 Å². The molecule has 0 radical (unpaired) electrons. The Morgan fingerprint density at radius 2 is 2.00 bits per heavy atom. The third kappa shape index (κ3) is 3.23. The van der Waals surface area contributed by atoms with E-state index in [9.17, 15) is 0 Å². The van der Waals surface area contributed by atoms with E-state index in [0.29, 0.717) is 5.03 Å². The molecule has 0 unspecified atom stereocenters. The molecule has 0 amide bonds. The quantitative estimate of drug-likeness (QED) is 0.726. The summed E-state index contributed by atoms with van der Waals surface area (Å²) in [4.78, 5) is 6.56. The average molecular weight is 313 g/mol. The molecule has 2 rings (SSSR count). The Labute approximate surface area is 137 Å². The maximum Gasteiger partial charge on any atom is 0.0783 e. The number of benzene rings is 1. The molecule has 0 atom stereocenters. The van der Waals surface area contributed by atoms with E-state index in [1.54, 1.807) is 12.3 Å². The monoisotopic (exact) mass is 312 g/mol. The molecule has 1 aromatic heterocycles. The third-order valence-electron chi connectivity index (χ3n) is 3.78. The van der Waals surface area contributed by atoms with Crippen LogP contribution in [-0.4, -0.2) is 24.0 Å². The Kier molecular flexibility index (Phi) is 5.04. The van der Waals surface area contributed by atoms with Gasteiger partial charge in [0, 0.05) is 42.5 Å². The normalized spacial score (nSPS) is 13.0. The molecule has 0 aliphatic rings. The van der Waals surface area contributed by atoms with E-state index < -0.39 is 0 Å². The maximum absolute atomic E-state index is 6.54. The van der Waals surface area contributed by atoms with Gasteiger partial charge >= 0.3 is 0 Å². The summed E-state index contributed by atoms with van der Waals surface area (Å²) in [5.41, 5.74) is 5.13. The van der Waals surface area contributed by atoms with Crippen molar-refractivity contribution in [2.24, 2.45) is 0 Å². The standard InChI is InChI=1S/C19H21ClN2/c1-6-15(18(20)12-14(3)22(4)5)17-10-9-13(2)16-8-7-11-21-19(16)17/h6-12H,1H2,2-5H3/b14-12-,18-15-. The number of aromatic nitrogens is 1. The molecule has 2 nitrogen and oxygen atoms in total. The molecule has 0 saturated heterocycles. The first-order chi connectivity index (χ1) is 10.5. The van der Waals surface area contributed by atoms with Crippen LogP contribution in [0.15, 0.2) is 59.9 Å². The minimum atomic E-state index is 0.664. The summed E-state index contributed by atoms with van der Waals surface area (Å²) >= 11 is 6.54. The zero-order chi connectivity index (χ0) is 16.3. The fourth-order valence-corrected chi connectivity index (χ4v) is 2.60.